The van der Waals surface area contributed by atoms with Crippen LogP contribution < -0.4 is 4.74 Å². The lowest BCUT2D eigenvalue weighted by atomic mass is 10.2. The Hall–Kier alpha value is -2.09. The van der Waals surface area contributed by atoms with Gasteiger partial charge in [0.1, 0.15) is 11.3 Å². The fourth-order valence-corrected chi connectivity index (χ4v) is 2.32. The van der Waals surface area contributed by atoms with Gasteiger partial charge in [-0.15, -0.1) is 11.3 Å². The van der Waals surface area contributed by atoms with Crippen LogP contribution in [0, 0.1) is 17.0 Å². The molecule has 20 heavy (non-hydrogen) atoms. The van der Waals surface area contributed by atoms with Crippen LogP contribution in [0.3, 0.4) is 0 Å². The Balaban J connectivity index is 2.32. The van der Waals surface area contributed by atoms with Gasteiger partial charge in [-0.3, -0.25) is 10.1 Å². The molecule has 0 fully saturated rings. The maximum Gasteiger partial charge on any atom is 0.420 e. The van der Waals surface area contributed by atoms with Gasteiger partial charge < -0.3 is 4.74 Å². The van der Waals surface area contributed by atoms with E-state index in [1.165, 1.54) is 30.5 Å². The van der Waals surface area contributed by atoms with Crippen molar-refractivity contribution in [2.45, 2.75) is 13.1 Å². The third-order valence-corrected chi connectivity index (χ3v) is 3.30. The highest BCUT2D eigenvalue weighted by Gasteiger charge is 2.35. The number of hydrogen-bond acceptors (Lipinski definition) is 4. The average Bonchev–Trinajstić information content (AvgIpc) is 2.79. The van der Waals surface area contributed by atoms with Gasteiger partial charge in [0.15, 0.2) is 5.06 Å². The highest BCUT2D eigenvalue weighted by molar-refractivity contribution is 7.12. The lowest BCUT2D eigenvalue weighted by Gasteiger charge is -2.10. The van der Waals surface area contributed by atoms with Crippen molar-refractivity contribution in [3.8, 4) is 10.8 Å². The van der Waals surface area contributed by atoms with Gasteiger partial charge in [0.2, 0.25) is 0 Å². The highest BCUT2D eigenvalue weighted by atomic mass is 32.1. The molecule has 0 atom stereocenters. The van der Waals surface area contributed by atoms with Gasteiger partial charge >= 0.3 is 6.18 Å². The number of ether oxygens (including phenoxy) is 1. The van der Waals surface area contributed by atoms with Gasteiger partial charge in [-0.2, -0.15) is 13.2 Å². The predicted molar refractivity (Wildman–Crippen MR) is 67.2 cm³/mol. The number of rotatable bonds is 3. The fraction of sp³-hybridized carbons (Fsp3) is 0.167. The first kappa shape index (κ1) is 14.3. The molecule has 0 aliphatic rings. The molecule has 2 rings (SSSR count). The summed E-state index contributed by atoms with van der Waals surface area (Å²) in [6.07, 6.45) is -4.50. The van der Waals surface area contributed by atoms with Crippen LogP contribution in [0.2, 0.25) is 0 Å². The molecule has 1 heterocycles. The number of nitro benzene ring substituents is 1. The van der Waals surface area contributed by atoms with E-state index in [0.29, 0.717) is 5.56 Å². The Labute approximate surface area is 115 Å². The lowest BCUT2D eigenvalue weighted by Crippen LogP contribution is -2.04. The number of non-ortho nitro benzene ring substituents is 1. The summed E-state index contributed by atoms with van der Waals surface area (Å²) in [4.78, 5) is 10.0. The summed E-state index contributed by atoms with van der Waals surface area (Å²) in [5.74, 6) is 0.156. The molecular weight excluding hydrogens is 295 g/mol. The zero-order valence-corrected chi connectivity index (χ0v) is 10.9. The summed E-state index contributed by atoms with van der Waals surface area (Å²) >= 11 is 0.814. The summed E-state index contributed by atoms with van der Waals surface area (Å²) in [7, 11) is 0. The monoisotopic (exact) mass is 303 g/mol. The predicted octanol–water partition coefficient (Wildman–Crippen LogP) is 4.78. The SMILES string of the molecule is Cc1cc([N+](=O)[O-])ccc1Oc1sccc1C(F)(F)F. The number of benzene rings is 1. The van der Waals surface area contributed by atoms with E-state index in [1.807, 2.05) is 0 Å². The van der Waals surface area contributed by atoms with Crippen LogP contribution in [0.5, 0.6) is 10.8 Å². The van der Waals surface area contributed by atoms with Crippen LogP contribution in [0.15, 0.2) is 29.6 Å². The van der Waals surface area contributed by atoms with Crippen LogP contribution in [0.1, 0.15) is 11.1 Å². The molecule has 0 amide bonds. The van der Waals surface area contributed by atoms with E-state index in [0.717, 1.165) is 17.4 Å². The normalized spacial score (nSPS) is 11.4. The maximum absolute atomic E-state index is 12.7. The van der Waals surface area contributed by atoms with Gasteiger partial charge in [0.25, 0.3) is 5.69 Å². The van der Waals surface area contributed by atoms with Gasteiger partial charge in [-0.05, 0) is 30.0 Å². The van der Waals surface area contributed by atoms with Gasteiger partial charge in [-0.25, -0.2) is 0 Å². The van der Waals surface area contributed by atoms with E-state index in [1.54, 1.807) is 0 Å². The molecule has 0 bridgehead atoms. The molecule has 0 aliphatic carbocycles. The van der Waals surface area contributed by atoms with E-state index in [2.05, 4.69) is 0 Å². The number of hydrogen-bond donors (Lipinski definition) is 0. The summed E-state index contributed by atoms with van der Waals surface area (Å²) in [5.41, 5.74) is -0.613. The highest BCUT2D eigenvalue weighted by Crippen LogP contribution is 2.42. The molecule has 0 unspecified atom stereocenters. The zero-order chi connectivity index (χ0) is 14.9. The summed E-state index contributed by atoms with van der Waals surface area (Å²) < 4.78 is 43.3. The molecule has 0 radical (unpaired) electrons. The molecule has 0 aliphatic heterocycles. The zero-order valence-electron chi connectivity index (χ0n) is 10.1. The van der Waals surface area contributed by atoms with Crippen molar-refractivity contribution in [3.05, 3.63) is 50.9 Å². The Kier molecular flexibility index (Phi) is 3.67. The Bertz CT molecular complexity index is 652. The van der Waals surface area contributed by atoms with Crippen molar-refractivity contribution in [3.63, 3.8) is 0 Å². The Morgan fingerprint density at radius 3 is 2.55 bits per heavy atom. The van der Waals surface area contributed by atoms with Gasteiger partial charge in [-0.1, -0.05) is 0 Å². The summed E-state index contributed by atoms with van der Waals surface area (Å²) in [5, 5.41) is 11.6. The summed E-state index contributed by atoms with van der Waals surface area (Å²) in [6.45, 7) is 1.53. The largest absolute Gasteiger partial charge is 0.446 e. The first-order valence-corrected chi connectivity index (χ1v) is 6.24. The molecule has 8 heteroatoms. The van der Waals surface area contributed by atoms with E-state index < -0.39 is 16.7 Å². The second-order valence-corrected chi connectivity index (χ2v) is 4.81. The molecule has 0 saturated heterocycles. The smallest absolute Gasteiger partial charge is 0.420 e. The second kappa shape index (κ2) is 5.12. The van der Waals surface area contributed by atoms with Gasteiger partial charge in [0.05, 0.1) is 4.92 Å². The molecule has 0 spiro atoms. The first-order chi connectivity index (χ1) is 9.29. The van der Waals surface area contributed by atoms with Crippen molar-refractivity contribution in [2.24, 2.45) is 0 Å². The van der Waals surface area contributed by atoms with Crippen LogP contribution >= 0.6 is 11.3 Å². The minimum atomic E-state index is -4.50. The number of aryl methyl sites for hydroxylation is 1. The van der Waals surface area contributed by atoms with Crippen molar-refractivity contribution in [1.29, 1.82) is 0 Å². The quantitative estimate of drug-likeness (QED) is 0.606. The number of thiophene rings is 1. The standard InChI is InChI=1S/C12H8F3NO3S/c1-7-6-8(16(17)18)2-3-10(7)19-11-9(4-5-20-11)12(13,14)15/h2-6H,1H3. The molecule has 4 nitrogen and oxygen atoms in total. The fourth-order valence-electron chi connectivity index (χ4n) is 1.55. The Morgan fingerprint density at radius 1 is 1.30 bits per heavy atom. The third-order valence-electron chi connectivity index (χ3n) is 2.51. The minimum Gasteiger partial charge on any atom is -0.446 e. The number of nitrogens with zero attached hydrogens (tertiary/aromatic N) is 1. The summed E-state index contributed by atoms with van der Waals surface area (Å²) in [6, 6.07) is 4.65. The van der Waals surface area contributed by atoms with E-state index in [4.69, 9.17) is 4.74 Å². The molecule has 1 aromatic heterocycles. The topological polar surface area (TPSA) is 52.4 Å². The molecule has 1 aromatic carbocycles. The third kappa shape index (κ3) is 2.90. The van der Waals surface area contributed by atoms with E-state index >= 15 is 0 Å². The van der Waals surface area contributed by atoms with Crippen molar-refractivity contribution in [1.82, 2.24) is 0 Å². The molecular formula is C12H8F3NO3S. The van der Waals surface area contributed by atoms with Crippen LogP contribution in [0.25, 0.3) is 0 Å². The lowest BCUT2D eigenvalue weighted by molar-refractivity contribution is -0.384. The second-order valence-electron chi connectivity index (χ2n) is 3.93. The van der Waals surface area contributed by atoms with Crippen molar-refractivity contribution in [2.75, 3.05) is 0 Å². The molecule has 0 saturated carbocycles. The maximum atomic E-state index is 12.7. The van der Waals surface area contributed by atoms with Crippen molar-refractivity contribution < 1.29 is 22.8 Å². The van der Waals surface area contributed by atoms with Crippen LogP contribution in [0.4, 0.5) is 18.9 Å². The number of alkyl halides is 3. The molecule has 0 N–H and O–H groups in total. The van der Waals surface area contributed by atoms with Crippen LogP contribution in [-0.4, -0.2) is 4.92 Å². The molecule has 2 aromatic rings. The number of nitro groups is 1. The molecule has 106 valence electrons. The number of halogens is 3. The van der Waals surface area contributed by atoms with E-state index in [9.17, 15) is 23.3 Å². The van der Waals surface area contributed by atoms with Crippen molar-refractivity contribution >= 4 is 17.0 Å². The van der Waals surface area contributed by atoms with E-state index in [-0.39, 0.29) is 16.5 Å². The van der Waals surface area contributed by atoms with Gasteiger partial charge in [0, 0.05) is 12.1 Å². The van der Waals surface area contributed by atoms with Crippen LogP contribution in [-0.2, 0) is 6.18 Å². The first-order valence-electron chi connectivity index (χ1n) is 5.36. The average molecular weight is 303 g/mol. The minimum absolute atomic E-state index is 0.142. The Morgan fingerprint density at radius 2 is 2.00 bits per heavy atom.